The molecule has 1 aliphatic rings. The summed E-state index contributed by atoms with van der Waals surface area (Å²) in [4.78, 5) is 7.06. The molecule has 18 heavy (non-hydrogen) atoms. The summed E-state index contributed by atoms with van der Waals surface area (Å²) in [5, 5.41) is 1.24. The molecule has 3 nitrogen and oxygen atoms in total. The number of nitrogens with zero attached hydrogens (tertiary/aromatic N) is 2. The highest BCUT2D eigenvalue weighted by Crippen LogP contribution is 2.30. The van der Waals surface area contributed by atoms with Crippen LogP contribution in [0.3, 0.4) is 0 Å². The molecule has 1 atom stereocenters. The second kappa shape index (κ2) is 4.58. The second-order valence-corrected chi connectivity index (χ2v) is 5.19. The number of benzene rings is 1. The van der Waals surface area contributed by atoms with Gasteiger partial charge in [-0.3, -0.25) is 4.98 Å². The van der Waals surface area contributed by atoms with Crippen molar-refractivity contribution in [1.82, 2.24) is 4.98 Å². The zero-order valence-corrected chi connectivity index (χ0v) is 10.8. The van der Waals surface area contributed by atoms with Crippen molar-refractivity contribution in [2.45, 2.75) is 19.9 Å². The summed E-state index contributed by atoms with van der Waals surface area (Å²) in [5.41, 5.74) is 9.08. The van der Waals surface area contributed by atoms with Gasteiger partial charge >= 0.3 is 0 Å². The molecule has 1 fully saturated rings. The Morgan fingerprint density at radius 3 is 2.94 bits per heavy atom. The summed E-state index contributed by atoms with van der Waals surface area (Å²) >= 11 is 0. The lowest BCUT2D eigenvalue weighted by atomic mass is 10.1. The zero-order valence-electron chi connectivity index (χ0n) is 10.8. The Morgan fingerprint density at radius 2 is 2.22 bits per heavy atom. The summed E-state index contributed by atoms with van der Waals surface area (Å²) < 4.78 is 0. The van der Waals surface area contributed by atoms with E-state index in [0.717, 1.165) is 30.2 Å². The Hall–Kier alpha value is -1.61. The monoisotopic (exact) mass is 241 g/mol. The van der Waals surface area contributed by atoms with Crippen molar-refractivity contribution in [3.63, 3.8) is 0 Å². The molecule has 2 aromatic rings. The standard InChI is InChI=1S/C15H19N3/c1-11-6-7-18(10-11)15-8-12(9-16)17-14-5-3-2-4-13(14)15/h2-5,8,11H,6-7,9-10,16H2,1H3. The molecule has 3 heteroatoms. The molecule has 0 saturated carbocycles. The predicted molar refractivity (Wildman–Crippen MR) is 75.6 cm³/mol. The quantitative estimate of drug-likeness (QED) is 0.878. The molecule has 94 valence electrons. The molecular formula is C15H19N3. The van der Waals surface area contributed by atoms with Crippen LogP contribution in [-0.4, -0.2) is 18.1 Å². The molecule has 1 saturated heterocycles. The van der Waals surface area contributed by atoms with Gasteiger partial charge in [0, 0.05) is 30.7 Å². The Kier molecular flexibility index (Phi) is 2.92. The highest BCUT2D eigenvalue weighted by molar-refractivity contribution is 5.92. The molecule has 1 aromatic heterocycles. The van der Waals surface area contributed by atoms with E-state index in [0.29, 0.717) is 6.54 Å². The van der Waals surface area contributed by atoms with Gasteiger partial charge in [-0.2, -0.15) is 0 Å². The fourth-order valence-electron chi connectivity index (χ4n) is 2.73. The topological polar surface area (TPSA) is 42.1 Å². The van der Waals surface area contributed by atoms with Gasteiger partial charge in [0.1, 0.15) is 0 Å². The fourth-order valence-corrected chi connectivity index (χ4v) is 2.73. The molecule has 3 rings (SSSR count). The van der Waals surface area contributed by atoms with Crippen LogP contribution in [-0.2, 0) is 6.54 Å². The van der Waals surface area contributed by atoms with Crippen LogP contribution in [0.1, 0.15) is 19.0 Å². The van der Waals surface area contributed by atoms with Crippen molar-refractivity contribution in [1.29, 1.82) is 0 Å². The zero-order chi connectivity index (χ0) is 12.5. The average Bonchev–Trinajstić information content (AvgIpc) is 2.84. The van der Waals surface area contributed by atoms with E-state index >= 15 is 0 Å². The normalized spacial score (nSPS) is 19.7. The van der Waals surface area contributed by atoms with Crippen LogP contribution >= 0.6 is 0 Å². The molecule has 0 spiro atoms. The van der Waals surface area contributed by atoms with E-state index in [-0.39, 0.29) is 0 Å². The van der Waals surface area contributed by atoms with Crippen molar-refractivity contribution in [2.75, 3.05) is 18.0 Å². The molecule has 2 heterocycles. The third-order valence-electron chi connectivity index (χ3n) is 3.72. The number of aromatic nitrogens is 1. The van der Waals surface area contributed by atoms with Gasteiger partial charge < -0.3 is 10.6 Å². The van der Waals surface area contributed by atoms with Crippen LogP contribution < -0.4 is 10.6 Å². The minimum Gasteiger partial charge on any atom is -0.371 e. The maximum atomic E-state index is 5.75. The predicted octanol–water partition coefficient (Wildman–Crippen LogP) is 2.54. The van der Waals surface area contributed by atoms with E-state index in [2.05, 4.69) is 41.1 Å². The first-order valence-corrected chi connectivity index (χ1v) is 6.61. The Labute approximate surface area is 108 Å². The summed E-state index contributed by atoms with van der Waals surface area (Å²) in [6.45, 7) is 5.09. The van der Waals surface area contributed by atoms with E-state index in [9.17, 15) is 0 Å². The molecule has 0 aliphatic carbocycles. The molecule has 0 radical (unpaired) electrons. The minimum absolute atomic E-state index is 0.501. The van der Waals surface area contributed by atoms with Gasteiger partial charge in [0.25, 0.3) is 0 Å². The lowest BCUT2D eigenvalue weighted by Gasteiger charge is -2.21. The molecule has 0 bridgehead atoms. The maximum absolute atomic E-state index is 5.75. The fraction of sp³-hybridized carbons (Fsp3) is 0.400. The number of pyridine rings is 1. The summed E-state index contributed by atoms with van der Waals surface area (Å²) in [6.07, 6.45) is 1.27. The van der Waals surface area contributed by atoms with E-state index in [1.54, 1.807) is 0 Å². The van der Waals surface area contributed by atoms with Gasteiger partial charge in [-0.25, -0.2) is 0 Å². The maximum Gasteiger partial charge on any atom is 0.0726 e. The van der Waals surface area contributed by atoms with Crippen LogP contribution in [0.4, 0.5) is 5.69 Å². The van der Waals surface area contributed by atoms with Crippen molar-refractivity contribution in [3.8, 4) is 0 Å². The molecular weight excluding hydrogens is 222 g/mol. The molecule has 1 unspecified atom stereocenters. The van der Waals surface area contributed by atoms with E-state index in [1.165, 1.54) is 17.5 Å². The largest absolute Gasteiger partial charge is 0.371 e. The SMILES string of the molecule is CC1CCN(c2cc(CN)nc3ccccc23)C1. The van der Waals surface area contributed by atoms with Gasteiger partial charge in [-0.05, 0) is 24.5 Å². The smallest absolute Gasteiger partial charge is 0.0726 e. The van der Waals surface area contributed by atoms with Crippen LogP contribution in [0, 0.1) is 5.92 Å². The van der Waals surface area contributed by atoms with E-state index in [1.807, 2.05) is 6.07 Å². The third kappa shape index (κ3) is 1.95. The number of rotatable bonds is 2. The summed E-state index contributed by atoms with van der Waals surface area (Å²) in [7, 11) is 0. The summed E-state index contributed by atoms with van der Waals surface area (Å²) in [5.74, 6) is 0.776. The molecule has 0 amide bonds. The lowest BCUT2D eigenvalue weighted by molar-refractivity contribution is 0.659. The minimum atomic E-state index is 0.501. The van der Waals surface area contributed by atoms with Crippen molar-refractivity contribution < 1.29 is 0 Å². The van der Waals surface area contributed by atoms with Gasteiger partial charge in [0.2, 0.25) is 0 Å². The number of nitrogens with two attached hydrogens (primary N) is 1. The van der Waals surface area contributed by atoms with Crippen molar-refractivity contribution >= 4 is 16.6 Å². The number of anilines is 1. The lowest BCUT2D eigenvalue weighted by Crippen LogP contribution is -2.20. The number of hydrogen-bond acceptors (Lipinski definition) is 3. The summed E-state index contributed by atoms with van der Waals surface area (Å²) in [6, 6.07) is 10.5. The molecule has 1 aromatic carbocycles. The van der Waals surface area contributed by atoms with Crippen molar-refractivity contribution in [2.24, 2.45) is 11.7 Å². The Balaban J connectivity index is 2.13. The number of fused-ring (bicyclic) bond motifs is 1. The molecule has 1 aliphatic heterocycles. The van der Waals surface area contributed by atoms with Gasteiger partial charge in [-0.1, -0.05) is 25.1 Å². The van der Waals surface area contributed by atoms with Crippen LogP contribution in [0.25, 0.3) is 10.9 Å². The van der Waals surface area contributed by atoms with Crippen molar-refractivity contribution in [3.05, 3.63) is 36.0 Å². The number of hydrogen-bond donors (Lipinski definition) is 1. The first-order valence-electron chi connectivity index (χ1n) is 6.61. The third-order valence-corrected chi connectivity index (χ3v) is 3.72. The number of para-hydroxylation sites is 1. The van der Waals surface area contributed by atoms with Crippen LogP contribution in [0.15, 0.2) is 30.3 Å². The Bertz CT molecular complexity index is 565. The highest BCUT2D eigenvalue weighted by Gasteiger charge is 2.21. The first kappa shape index (κ1) is 11.5. The first-order chi connectivity index (χ1) is 8.78. The highest BCUT2D eigenvalue weighted by atomic mass is 15.2. The Morgan fingerprint density at radius 1 is 1.39 bits per heavy atom. The molecule has 2 N–H and O–H groups in total. The van der Waals surface area contributed by atoms with Gasteiger partial charge in [0.05, 0.1) is 11.2 Å². The van der Waals surface area contributed by atoms with Crippen LogP contribution in [0.5, 0.6) is 0 Å². The van der Waals surface area contributed by atoms with Gasteiger partial charge in [0.15, 0.2) is 0 Å². The van der Waals surface area contributed by atoms with E-state index < -0.39 is 0 Å². The van der Waals surface area contributed by atoms with Gasteiger partial charge in [-0.15, -0.1) is 0 Å². The second-order valence-electron chi connectivity index (χ2n) is 5.19. The average molecular weight is 241 g/mol. The van der Waals surface area contributed by atoms with Crippen LogP contribution in [0.2, 0.25) is 0 Å². The van der Waals surface area contributed by atoms with E-state index in [4.69, 9.17) is 5.73 Å².